The van der Waals surface area contributed by atoms with Crippen LogP contribution in [0.25, 0.3) is 11.1 Å². The van der Waals surface area contributed by atoms with Gasteiger partial charge in [-0.05, 0) is 35.4 Å². The molecule has 2 rings (SSSR count). The van der Waals surface area contributed by atoms with Crippen molar-refractivity contribution in [3.05, 3.63) is 59.1 Å². The molecule has 0 aromatic heterocycles. The van der Waals surface area contributed by atoms with Crippen LogP contribution in [0.1, 0.15) is 24.2 Å². The first-order valence-electron chi connectivity index (χ1n) is 6.29. The van der Waals surface area contributed by atoms with Crippen molar-refractivity contribution in [2.75, 3.05) is 7.05 Å². The number of carbonyl (C=O) groups is 1. The van der Waals surface area contributed by atoms with E-state index >= 15 is 0 Å². The van der Waals surface area contributed by atoms with Crippen LogP contribution in [0.4, 0.5) is 0 Å². The monoisotopic (exact) mass is 275 g/mol. The third-order valence-corrected chi connectivity index (χ3v) is 2.80. The Morgan fingerprint density at radius 1 is 0.895 bits per heavy atom. The Hall–Kier alpha value is -1.80. The van der Waals surface area contributed by atoms with Gasteiger partial charge in [0, 0.05) is 17.6 Å². The van der Waals surface area contributed by atoms with Gasteiger partial charge in [0.15, 0.2) is 0 Å². The van der Waals surface area contributed by atoms with Crippen LogP contribution in [0.2, 0.25) is 5.02 Å². The summed E-state index contributed by atoms with van der Waals surface area (Å²) in [5, 5.41) is 3.31. The molecule has 0 bridgehead atoms. The fourth-order valence-electron chi connectivity index (χ4n) is 1.60. The maximum absolute atomic E-state index is 11.4. The number of benzene rings is 2. The van der Waals surface area contributed by atoms with Crippen LogP contribution in [0, 0.1) is 0 Å². The van der Waals surface area contributed by atoms with E-state index in [0.29, 0.717) is 5.56 Å². The predicted molar refractivity (Wildman–Crippen MR) is 81.6 cm³/mol. The predicted octanol–water partition coefficient (Wildman–Crippen LogP) is 4.39. The van der Waals surface area contributed by atoms with Crippen LogP contribution in [-0.2, 0) is 0 Å². The minimum atomic E-state index is -0.0762. The smallest absolute Gasteiger partial charge is 0.251 e. The fourth-order valence-corrected chi connectivity index (χ4v) is 1.73. The summed E-state index contributed by atoms with van der Waals surface area (Å²) in [7, 11) is 1.62. The highest BCUT2D eigenvalue weighted by Crippen LogP contribution is 2.21. The first-order valence-corrected chi connectivity index (χ1v) is 6.66. The van der Waals surface area contributed by atoms with Crippen LogP contribution in [0.15, 0.2) is 48.5 Å². The van der Waals surface area contributed by atoms with Crippen molar-refractivity contribution in [1.82, 2.24) is 5.32 Å². The van der Waals surface area contributed by atoms with Crippen molar-refractivity contribution in [3.8, 4) is 11.1 Å². The van der Waals surface area contributed by atoms with Gasteiger partial charge in [-0.2, -0.15) is 0 Å². The van der Waals surface area contributed by atoms with E-state index in [4.69, 9.17) is 11.6 Å². The van der Waals surface area contributed by atoms with E-state index in [1.165, 1.54) is 0 Å². The lowest BCUT2D eigenvalue weighted by molar-refractivity contribution is 0.0963. The number of nitrogens with one attached hydrogen (secondary N) is 1. The number of halogens is 1. The van der Waals surface area contributed by atoms with Gasteiger partial charge in [0.2, 0.25) is 0 Å². The molecule has 2 aromatic rings. The molecule has 0 aliphatic rings. The molecule has 3 heteroatoms. The number of carbonyl (C=O) groups excluding carboxylic acids is 1. The van der Waals surface area contributed by atoms with E-state index in [9.17, 15) is 4.79 Å². The Morgan fingerprint density at radius 2 is 1.32 bits per heavy atom. The largest absolute Gasteiger partial charge is 0.355 e. The number of hydrogen-bond acceptors (Lipinski definition) is 1. The first-order chi connectivity index (χ1) is 9.20. The summed E-state index contributed by atoms with van der Waals surface area (Å²) in [6.07, 6.45) is 0. The van der Waals surface area contributed by atoms with Gasteiger partial charge in [-0.3, -0.25) is 4.79 Å². The molecule has 0 atom stereocenters. The van der Waals surface area contributed by atoms with Gasteiger partial charge in [-0.15, -0.1) is 0 Å². The van der Waals surface area contributed by atoms with E-state index in [0.717, 1.165) is 16.1 Å². The zero-order valence-corrected chi connectivity index (χ0v) is 12.2. The van der Waals surface area contributed by atoms with Gasteiger partial charge in [-0.1, -0.05) is 49.7 Å². The highest BCUT2D eigenvalue weighted by Gasteiger charge is 2.03. The maximum Gasteiger partial charge on any atom is 0.251 e. The molecule has 19 heavy (non-hydrogen) atoms. The Labute approximate surface area is 119 Å². The van der Waals surface area contributed by atoms with Gasteiger partial charge >= 0.3 is 0 Å². The summed E-state index contributed by atoms with van der Waals surface area (Å²) in [6.45, 7) is 4.00. The van der Waals surface area contributed by atoms with Crippen LogP contribution in [0.3, 0.4) is 0 Å². The molecule has 1 amide bonds. The van der Waals surface area contributed by atoms with E-state index in [1.54, 1.807) is 7.05 Å². The molecule has 0 fully saturated rings. The van der Waals surface area contributed by atoms with Crippen molar-refractivity contribution < 1.29 is 4.79 Å². The van der Waals surface area contributed by atoms with E-state index < -0.39 is 0 Å². The third-order valence-electron chi connectivity index (χ3n) is 2.55. The van der Waals surface area contributed by atoms with Crippen molar-refractivity contribution in [2.45, 2.75) is 13.8 Å². The second-order valence-electron chi connectivity index (χ2n) is 3.66. The lowest BCUT2D eigenvalue weighted by atomic mass is 10.0. The molecule has 0 aliphatic heterocycles. The minimum absolute atomic E-state index is 0.0762. The Morgan fingerprint density at radius 3 is 1.74 bits per heavy atom. The Balaban J connectivity index is 0.000000861. The molecule has 0 unspecified atom stereocenters. The summed E-state index contributed by atoms with van der Waals surface area (Å²) in [4.78, 5) is 11.4. The normalized spacial score (nSPS) is 9.26. The SMILES string of the molecule is CC.CNC(=O)c1ccc(-c2ccc(Cl)cc2)cc1. The summed E-state index contributed by atoms with van der Waals surface area (Å²) in [5.41, 5.74) is 2.80. The standard InChI is InChI=1S/C14H12ClNO.C2H6/c1-16-14(17)12-4-2-10(3-5-12)11-6-8-13(15)9-7-11;1-2/h2-9H,1H3,(H,16,17);1-2H3. The van der Waals surface area contributed by atoms with Gasteiger partial charge in [0.05, 0.1) is 0 Å². The van der Waals surface area contributed by atoms with E-state index in [2.05, 4.69) is 5.32 Å². The van der Waals surface area contributed by atoms with Crippen molar-refractivity contribution in [2.24, 2.45) is 0 Å². The van der Waals surface area contributed by atoms with Crippen LogP contribution in [-0.4, -0.2) is 13.0 Å². The van der Waals surface area contributed by atoms with Crippen LogP contribution >= 0.6 is 11.6 Å². The van der Waals surface area contributed by atoms with Crippen LogP contribution in [0.5, 0.6) is 0 Å². The quantitative estimate of drug-likeness (QED) is 0.865. The van der Waals surface area contributed by atoms with E-state index in [-0.39, 0.29) is 5.91 Å². The number of rotatable bonds is 2. The molecule has 0 heterocycles. The lowest BCUT2D eigenvalue weighted by Gasteiger charge is -2.04. The van der Waals surface area contributed by atoms with E-state index in [1.807, 2.05) is 62.4 Å². The van der Waals surface area contributed by atoms with Gasteiger partial charge < -0.3 is 5.32 Å². The number of hydrogen-bond donors (Lipinski definition) is 1. The van der Waals surface area contributed by atoms with Crippen molar-refractivity contribution >= 4 is 17.5 Å². The summed E-state index contributed by atoms with van der Waals surface area (Å²) >= 11 is 5.83. The molecular weight excluding hydrogens is 258 g/mol. The average molecular weight is 276 g/mol. The molecule has 2 aromatic carbocycles. The summed E-state index contributed by atoms with van der Waals surface area (Å²) in [5.74, 6) is -0.0762. The fraction of sp³-hybridized carbons (Fsp3) is 0.188. The Bertz CT molecular complexity index is 517. The highest BCUT2D eigenvalue weighted by atomic mass is 35.5. The lowest BCUT2D eigenvalue weighted by Crippen LogP contribution is -2.17. The third kappa shape index (κ3) is 4.11. The van der Waals surface area contributed by atoms with Crippen molar-refractivity contribution in [1.29, 1.82) is 0 Å². The second-order valence-corrected chi connectivity index (χ2v) is 4.10. The molecular formula is C16H18ClNO. The molecule has 100 valence electrons. The molecule has 2 nitrogen and oxygen atoms in total. The first kappa shape index (κ1) is 15.3. The highest BCUT2D eigenvalue weighted by molar-refractivity contribution is 6.30. The topological polar surface area (TPSA) is 29.1 Å². The second kappa shape index (κ2) is 7.59. The molecule has 1 N–H and O–H groups in total. The summed E-state index contributed by atoms with van der Waals surface area (Å²) < 4.78 is 0. The Kier molecular flexibility index (Phi) is 6.10. The van der Waals surface area contributed by atoms with Crippen molar-refractivity contribution in [3.63, 3.8) is 0 Å². The van der Waals surface area contributed by atoms with Gasteiger partial charge in [0.25, 0.3) is 5.91 Å². The summed E-state index contributed by atoms with van der Waals surface area (Å²) in [6, 6.07) is 15.1. The van der Waals surface area contributed by atoms with Gasteiger partial charge in [-0.25, -0.2) is 0 Å². The molecule has 0 saturated carbocycles. The number of amides is 1. The zero-order valence-electron chi connectivity index (χ0n) is 11.4. The zero-order chi connectivity index (χ0) is 14.3. The average Bonchev–Trinajstić information content (AvgIpc) is 2.49. The molecule has 0 radical (unpaired) electrons. The molecule has 0 aliphatic carbocycles. The minimum Gasteiger partial charge on any atom is -0.355 e. The molecule has 0 spiro atoms. The van der Waals surface area contributed by atoms with Crippen LogP contribution < -0.4 is 5.32 Å². The molecule has 0 saturated heterocycles. The van der Waals surface area contributed by atoms with Gasteiger partial charge in [0.1, 0.15) is 0 Å². The maximum atomic E-state index is 11.4.